The van der Waals surface area contributed by atoms with Crippen LogP contribution in [-0.2, 0) is 17.8 Å². The van der Waals surface area contributed by atoms with E-state index < -0.39 is 0 Å². The number of fused-ring (bicyclic) bond motifs is 1. The molecule has 1 radical (unpaired) electrons. The monoisotopic (exact) mass is 238 g/mol. The minimum atomic E-state index is 0.701. The maximum Gasteiger partial charge on any atom is 0.312 e. The van der Waals surface area contributed by atoms with Crippen molar-refractivity contribution in [1.29, 1.82) is 0 Å². The third-order valence-corrected chi connectivity index (χ3v) is 2.80. The molecular formula is C10H9BrNO. The van der Waals surface area contributed by atoms with Gasteiger partial charge in [0.1, 0.15) is 0 Å². The molecule has 3 heteroatoms. The molecule has 0 saturated heterocycles. The van der Waals surface area contributed by atoms with Crippen molar-refractivity contribution < 1.29 is 4.79 Å². The van der Waals surface area contributed by atoms with Crippen LogP contribution in [0.3, 0.4) is 0 Å². The molecular weight excluding hydrogens is 230 g/mol. The molecule has 0 unspecified atom stereocenters. The Balaban J connectivity index is 2.31. The first kappa shape index (κ1) is 8.75. The molecule has 67 valence electrons. The number of hydrogen-bond donors (Lipinski definition) is 0. The average molecular weight is 239 g/mol. The van der Waals surface area contributed by atoms with E-state index in [1.807, 2.05) is 12.5 Å². The van der Waals surface area contributed by atoms with Gasteiger partial charge < -0.3 is 4.90 Å². The van der Waals surface area contributed by atoms with Crippen LogP contribution in [0.1, 0.15) is 11.1 Å². The van der Waals surface area contributed by atoms with E-state index in [9.17, 15) is 4.79 Å². The maximum absolute atomic E-state index is 10.4. The molecule has 0 aromatic heterocycles. The first-order valence-corrected chi connectivity index (χ1v) is 4.99. The van der Waals surface area contributed by atoms with E-state index in [-0.39, 0.29) is 0 Å². The van der Waals surface area contributed by atoms with Crippen LogP contribution in [0.2, 0.25) is 0 Å². The lowest BCUT2D eigenvalue weighted by molar-refractivity contribution is 0.360. The van der Waals surface area contributed by atoms with Crippen molar-refractivity contribution in [2.45, 2.75) is 13.0 Å². The molecule has 0 saturated carbocycles. The molecule has 0 atom stereocenters. The molecule has 2 rings (SSSR count). The predicted molar refractivity (Wildman–Crippen MR) is 53.9 cm³/mol. The van der Waals surface area contributed by atoms with Crippen LogP contribution in [0.25, 0.3) is 0 Å². The van der Waals surface area contributed by atoms with Crippen molar-refractivity contribution in [3.05, 3.63) is 33.8 Å². The molecule has 0 bridgehead atoms. The Morgan fingerprint density at radius 1 is 1.38 bits per heavy atom. The quantitative estimate of drug-likeness (QED) is 0.732. The summed E-state index contributed by atoms with van der Waals surface area (Å²) in [4.78, 5) is 12.1. The van der Waals surface area contributed by atoms with E-state index in [0.717, 1.165) is 17.4 Å². The Morgan fingerprint density at radius 3 is 3.00 bits per heavy atom. The summed E-state index contributed by atoms with van der Waals surface area (Å²) in [5, 5.41) is 0. The fraction of sp³-hybridized carbons (Fsp3) is 0.300. The molecule has 1 amide bonds. The van der Waals surface area contributed by atoms with Gasteiger partial charge in [-0.1, -0.05) is 22.0 Å². The van der Waals surface area contributed by atoms with Crippen LogP contribution in [0.4, 0.5) is 0 Å². The summed E-state index contributed by atoms with van der Waals surface area (Å²) >= 11 is 3.43. The molecule has 1 aliphatic heterocycles. The topological polar surface area (TPSA) is 20.3 Å². The van der Waals surface area contributed by atoms with Gasteiger partial charge in [-0.05, 0) is 29.7 Å². The molecule has 0 spiro atoms. The van der Waals surface area contributed by atoms with Crippen molar-refractivity contribution in [2.24, 2.45) is 0 Å². The van der Waals surface area contributed by atoms with Gasteiger partial charge in [-0.2, -0.15) is 0 Å². The molecule has 0 fully saturated rings. The van der Waals surface area contributed by atoms with Gasteiger partial charge in [0.15, 0.2) is 0 Å². The lowest BCUT2D eigenvalue weighted by atomic mass is 10.0. The van der Waals surface area contributed by atoms with E-state index in [1.54, 1.807) is 4.90 Å². The summed E-state index contributed by atoms with van der Waals surface area (Å²) in [6, 6.07) is 6.19. The first-order chi connectivity index (χ1) is 6.29. The van der Waals surface area contributed by atoms with Crippen LogP contribution in [0.15, 0.2) is 22.7 Å². The Kier molecular flexibility index (Phi) is 2.36. The largest absolute Gasteiger partial charge is 0.330 e. The Bertz CT molecular complexity index is 338. The molecule has 13 heavy (non-hydrogen) atoms. The molecule has 2 nitrogen and oxygen atoms in total. The molecule has 1 aromatic carbocycles. The number of nitrogens with zero attached hydrogens (tertiary/aromatic N) is 1. The summed E-state index contributed by atoms with van der Waals surface area (Å²) in [6.45, 7) is 1.49. The fourth-order valence-corrected chi connectivity index (χ4v) is 2.01. The number of hydrogen-bond acceptors (Lipinski definition) is 1. The lowest BCUT2D eigenvalue weighted by Gasteiger charge is -2.24. The van der Waals surface area contributed by atoms with Gasteiger partial charge >= 0.3 is 6.41 Å². The van der Waals surface area contributed by atoms with Crippen LogP contribution >= 0.6 is 15.9 Å². The Morgan fingerprint density at radius 2 is 2.23 bits per heavy atom. The van der Waals surface area contributed by atoms with Crippen molar-refractivity contribution >= 4 is 22.3 Å². The van der Waals surface area contributed by atoms with Gasteiger partial charge in [-0.3, -0.25) is 4.79 Å². The van der Waals surface area contributed by atoms with E-state index in [2.05, 4.69) is 28.1 Å². The zero-order chi connectivity index (χ0) is 9.26. The summed E-state index contributed by atoms with van der Waals surface area (Å²) < 4.78 is 1.11. The third kappa shape index (κ3) is 1.75. The predicted octanol–water partition coefficient (Wildman–Crippen LogP) is 1.87. The van der Waals surface area contributed by atoms with Crippen LogP contribution < -0.4 is 0 Å². The molecule has 1 aromatic rings. The summed E-state index contributed by atoms with van der Waals surface area (Å²) in [6.07, 6.45) is 2.87. The highest BCUT2D eigenvalue weighted by molar-refractivity contribution is 9.10. The maximum atomic E-state index is 10.4. The summed E-state index contributed by atoms with van der Waals surface area (Å²) in [5.41, 5.74) is 2.57. The van der Waals surface area contributed by atoms with Crippen molar-refractivity contribution in [3.63, 3.8) is 0 Å². The number of benzene rings is 1. The average Bonchev–Trinajstić information content (AvgIpc) is 2.17. The smallest absolute Gasteiger partial charge is 0.312 e. The molecule has 0 N–H and O–H groups in total. The van der Waals surface area contributed by atoms with E-state index in [0.29, 0.717) is 6.54 Å². The highest BCUT2D eigenvalue weighted by Crippen LogP contribution is 2.21. The second-order valence-corrected chi connectivity index (χ2v) is 4.09. The van der Waals surface area contributed by atoms with Crippen LogP contribution in [-0.4, -0.2) is 17.9 Å². The van der Waals surface area contributed by atoms with Crippen molar-refractivity contribution in [2.75, 3.05) is 6.54 Å². The summed E-state index contributed by atoms with van der Waals surface area (Å²) in [5.74, 6) is 0. The normalized spacial score (nSPS) is 15.3. The van der Waals surface area contributed by atoms with Gasteiger partial charge in [0, 0.05) is 17.6 Å². The summed E-state index contributed by atoms with van der Waals surface area (Å²) in [7, 11) is 0. The van der Waals surface area contributed by atoms with Gasteiger partial charge in [-0.15, -0.1) is 0 Å². The lowest BCUT2D eigenvalue weighted by Crippen LogP contribution is -2.28. The number of carbonyl (C=O) groups excluding carboxylic acids is 1. The highest BCUT2D eigenvalue weighted by Gasteiger charge is 2.14. The SMILES string of the molecule is O=[C]N1CCc2cc(Br)ccc2C1. The minimum absolute atomic E-state index is 0.701. The third-order valence-electron chi connectivity index (χ3n) is 2.31. The fourth-order valence-electron chi connectivity index (χ4n) is 1.60. The molecule has 1 aliphatic rings. The van der Waals surface area contributed by atoms with Gasteiger partial charge in [0.05, 0.1) is 0 Å². The first-order valence-electron chi connectivity index (χ1n) is 4.19. The standard InChI is InChI=1S/C10H9BrNO/c11-10-2-1-9-6-12(7-13)4-3-8(9)5-10/h1-2,5H,3-4,6H2. The highest BCUT2D eigenvalue weighted by atomic mass is 79.9. The second-order valence-electron chi connectivity index (χ2n) is 3.18. The number of amides is 1. The molecule has 1 heterocycles. The number of rotatable bonds is 1. The van der Waals surface area contributed by atoms with E-state index in [4.69, 9.17) is 0 Å². The Hall–Kier alpha value is -0.830. The van der Waals surface area contributed by atoms with E-state index >= 15 is 0 Å². The zero-order valence-corrected chi connectivity index (χ0v) is 8.67. The van der Waals surface area contributed by atoms with Gasteiger partial charge in [0.25, 0.3) is 0 Å². The van der Waals surface area contributed by atoms with Crippen LogP contribution in [0, 0.1) is 0 Å². The van der Waals surface area contributed by atoms with E-state index in [1.165, 1.54) is 11.1 Å². The van der Waals surface area contributed by atoms with Crippen LogP contribution in [0.5, 0.6) is 0 Å². The Labute approximate surface area is 85.7 Å². The number of halogens is 1. The molecule has 0 aliphatic carbocycles. The van der Waals surface area contributed by atoms with Crippen molar-refractivity contribution in [1.82, 2.24) is 4.90 Å². The second kappa shape index (κ2) is 3.50. The zero-order valence-electron chi connectivity index (χ0n) is 7.09. The van der Waals surface area contributed by atoms with Gasteiger partial charge in [-0.25, -0.2) is 0 Å². The minimum Gasteiger partial charge on any atom is -0.330 e. The van der Waals surface area contributed by atoms with Crippen molar-refractivity contribution in [3.8, 4) is 0 Å². The van der Waals surface area contributed by atoms with Gasteiger partial charge in [0.2, 0.25) is 0 Å².